The van der Waals surface area contributed by atoms with Crippen molar-refractivity contribution in [2.45, 2.75) is 18.5 Å². The van der Waals surface area contributed by atoms with Gasteiger partial charge in [-0.15, -0.1) is 0 Å². The quantitative estimate of drug-likeness (QED) is 0.174. The minimum absolute atomic E-state index is 0.409. The molecule has 0 amide bonds. The zero-order chi connectivity index (χ0) is 31.6. The second kappa shape index (κ2) is 9.98. The van der Waals surface area contributed by atoms with Crippen molar-refractivity contribution in [2.24, 2.45) is 0 Å². The highest BCUT2D eigenvalue weighted by atomic mass is 19.4. The Balaban J connectivity index is 2.25. The smallest absolute Gasteiger partial charge is 0.421 e. The Bertz CT molecular complexity index is 1490. The van der Waals surface area contributed by atoms with Crippen LogP contribution in [0.5, 0.6) is 23.0 Å². The molecule has 0 aliphatic carbocycles. The molecule has 0 aliphatic rings. The Morgan fingerprint density at radius 1 is 0.463 bits per heavy atom. The van der Waals surface area contributed by atoms with E-state index in [-0.39, 0.29) is 0 Å². The average molecular weight is 622 g/mol. The molecule has 0 atom stereocenters. The van der Waals surface area contributed by atoms with Crippen LogP contribution in [0.2, 0.25) is 0 Å². The summed E-state index contributed by atoms with van der Waals surface area (Å²) in [5.74, 6) is -27.4. The second-order valence-corrected chi connectivity index (χ2v) is 7.60. The molecular weight excluding hydrogens is 616 g/mol. The number of hydrogen-bond acceptors (Lipinski definition) is 4. The summed E-state index contributed by atoms with van der Waals surface area (Å²) in [4.78, 5) is 0. The summed E-state index contributed by atoms with van der Waals surface area (Å²) >= 11 is 0. The largest absolute Gasteiger partial charge is 0.450 e. The van der Waals surface area contributed by atoms with Crippen molar-refractivity contribution in [1.29, 1.82) is 0 Å². The van der Waals surface area contributed by atoms with E-state index in [1.54, 1.807) is 0 Å². The third kappa shape index (κ3) is 5.53. The third-order valence-corrected chi connectivity index (χ3v) is 4.96. The van der Waals surface area contributed by atoms with E-state index in [1.807, 2.05) is 0 Å². The standard InChI is InChI=1S/C21H6F16N2O2/c22-4-1-3(19(29,30)31)5(40-17-11(25)9(23)7(20(32,33)34)15(38)13(17)27)2-6(4)41-18-12(26)10(24)8(21(35,36)37)16(39)14(18)28/h1-2H,38-39H2. The number of nitrogens with two attached hydrogens (primary N) is 2. The van der Waals surface area contributed by atoms with E-state index in [1.165, 1.54) is 0 Å². The average Bonchev–Trinajstić information content (AvgIpc) is 2.81. The first kappa shape index (κ1) is 31.3. The molecule has 4 N–H and O–H groups in total. The zero-order valence-electron chi connectivity index (χ0n) is 18.7. The zero-order valence-corrected chi connectivity index (χ0v) is 18.7. The normalized spacial score (nSPS) is 12.6. The summed E-state index contributed by atoms with van der Waals surface area (Å²) in [5.41, 5.74) is -2.51. The molecule has 0 aliphatic heterocycles. The Morgan fingerprint density at radius 3 is 1.17 bits per heavy atom. The molecule has 0 radical (unpaired) electrons. The van der Waals surface area contributed by atoms with Gasteiger partial charge in [0, 0.05) is 6.07 Å². The predicted molar refractivity (Wildman–Crippen MR) is 103 cm³/mol. The summed E-state index contributed by atoms with van der Waals surface area (Å²) in [5, 5.41) is 0. The SMILES string of the molecule is Nc1c(F)c(Oc2cc(Oc3c(F)c(N)c(C(F)(F)F)c(F)c3F)c(C(F)(F)F)cc2F)c(F)c(F)c1C(F)(F)F. The van der Waals surface area contributed by atoms with Crippen LogP contribution in [0.3, 0.4) is 0 Å². The van der Waals surface area contributed by atoms with Gasteiger partial charge in [-0.2, -0.15) is 48.3 Å². The lowest BCUT2D eigenvalue weighted by atomic mass is 10.1. The lowest BCUT2D eigenvalue weighted by Crippen LogP contribution is -2.17. The molecule has 4 nitrogen and oxygen atoms in total. The van der Waals surface area contributed by atoms with E-state index in [2.05, 4.69) is 9.47 Å². The third-order valence-electron chi connectivity index (χ3n) is 4.96. The van der Waals surface area contributed by atoms with Crippen LogP contribution in [0.1, 0.15) is 16.7 Å². The van der Waals surface area contributed by atoms with Gasteiger partial charge in [0.2, 0.25) is 23.1 Å². The number of halogens is 16. The first-order valence-corrected chi connectivity index (χ1v) is 9.82. The second-order valence-electron chi connectivity index (χ2n) is 7.60. The maximum atomic E-state index is 14.4. The summed E-state index contributed by atoms with van der Waals surface area (Å²) in [7, 11) is 0. The summed E-state index contributed by atoms with van der Waals surface area (Å²) in [6.07, 6.45) is -17.4. The lowest BCUT2D eigenvalue weighted by molar-refractivity contribution is -0.140. The number of anilines is 2. The van der Waals surface area contributed by atoms with Crippen LogP contribution in [0.15, 0.2) is 12.1 Å². The highest BCUT2D eigenvalue weighted by Crippen LogP contribution is 2.48. The van der Waals surface area contributed by atoms with E-state index < -0.39 is 122 Å². The highest BCUT2D eigenvalue weighted by molar-refractivity contribution is 5.59. The van der Waals surface area contributed by atoms with Gasteiger partial charge in [0.25, 0.3) is 0 Å². The van der Waals surface area contributed by atoms with Crippen molar-refractivity contribution in [3.8, 4) is 23.0 Å². The van der Waals surface area contributed by atoms with Gasteiger partial charge in [0.15, 0.2) is 34.8 Å². The summed E-state index contributed by atoms with van der Waals surface area (Å²) < 4.78 is 226. The fourth-order valence-electron chi connectivity index (χ4n) is 3.18. The molecule has 3 rings (SSSR count). The van der Waals surface area contributed by atoms with E-state index in [0.717, 1.165) is 0 Å². The van der Waals surface area contributed by atoms with Gasteiger partial charge in [0.05, 0.1) is 11.4 Å². The van der Waals surface area contributed by atoms with E-state index in [4.69, 9.17) is 11.5 Å². The maximum absolute atomic E-state index is 14.4. The topological polar surface area (TPSA) is 70.5 Å². The van der Waals surface area contributed by atoms with Crippen LogP contribution in [0.25, 0.3) is 0 Å². The minimum atomic E-state index is -5.82. The number of nitrogen functional groups attached to an aromatic ring is 2. The molecular formula is C21H6F16N2O2. The minimum Gasteiger partial charge on any atom is -0.450 e. The van der Waals surface area contributed by atoms with Crippen molar-refractivity contribution < 1.29 is 79.7 Å². The van der Waals surface area contributed by atoms with Gasteiger partial charge in [-0.25, -0.2) is 22.0 Å². The Labute approximate surface area is 214 Å². The van der Waals surface area contributed by atoms with Crippen LogP contribution < -0.4 is 20.9 Å². The van der Waals surface area contributed by atoms with E-state index >= 15 is 0 Å². The first-order chi connectivity index (χ1) is 18.5. The Hall–Kier alpha value is -4.26. The van der Waals surface area contributed by atoms with Crippen LogP contribution in [0, 0.1) is 40.7 Å². The molecule has 0 saturated carbocycles. The Kier molecular flexibility index (Phi) is 7.61. The fourth-order valence-corrected chi connectivity index (χ4v) is 3.18. The summed E-state index contributed by atoms with van der Waals surface area (Å²) in [6.45, 7) is 0. The molecule has 0 heterocycles. The predicted octanol–water partition coefficient (Wildman–Crippen LogP) is 8.47. The van der Waals surface area contributed by atoms with Crippen LogP contribution in [-0.4, -0.2) is 0 Å². The molecule has 0 fully saturated rings. The molecule has 0 saturated heterocycles. The molecule has 41 heavy (non-hydrogen) atoms. The van der Waals surface area contributed by atoms with Crippen molar-refractivity contribution in [2.75, 3.05) is 11.5 Å². The Morgan fingerprint density at radius 2 is 0.829 bits per heavy atom. The van der Waals surface area contributed by atoms with E-state index in [0.29, 0.717) is 0 Å². The summed E-state index contributed by atoms with van der Waals surface area (Å²) in [6, 6.07) is -1.04. The molecule has 3 aromatic carbocycles. The molecule has 0 bridgehead atoms. The van der Waals surface area contributed by atoms with Gasteiger partial charge in [-0.05, 0) is 6.07 Å². The van der Waals surface area contributed by atoms with Crippen molar-refractivity contribution in [3.63, 3.8) is 0 Å². The van der Waals surface area contributed by atoms with Gasteiger partial charge < -0.3 is 20.9 Å². The van der Waals surface area contributed by atoms with Gasteiger partial charge in [0.1, 0.15) is 22.4 Å². The molecule has 0 aromatic heterocycles. The molecule has 224 valence electrons. The molecule has 0 unspecified atom stereocenters. The number of benzene rings is 3. The number of ether oxygens (including phenoxy) is 2. The molecule has 3 aromatic rings. The van der Waals surface area contributed by atoms with Crippen LogP contribution in [-0.2, 0) is 18.5 Å². The maximum Gasteiger partial charge on any atom is 0.421 e. The van der Waals surface area contributed by atoms with Gasteiger partial charge in [-0.1, -0.05) is 0 Å². The van der Waals surface area contributed by atoms with Crippen molar-refractivity contribution >= 4 is 11.4 Å². The van der Waals surface area contributed by atoms with Crippen LogP contribution >= 0.6 is 0 Å². The first-order valence-electron chi connectivity index (χ1n) is 9.82. The van der Waals surface area contributed by atoms with Gasteiger partial charge in [-0.3, -0.25) is 0 Å². The monoisotopic (exact) mass is 622 g/mol. The number of rotatable bonds is 4. The fraction of sp³-hybridized carbons (Fsp3) is 0.143. The highest BCUT2D eigenvalue weighted by Gasteiger charge is 2.44. The lowest BCUT2D eigenvalue weighted by Gasteiger charge is -2.20. The van der Waals surface area contributed by atoms with Gasteiger partial charge >= 0.3 is 18.5 Å². The number of hydrogen-bond donors (Lipinski definition) is 2. The molecule has 0 spiro atoms. The van der Waals surface area contributed by atoms with E-state index in [9.17, 15) is 70.2 Å². The van der Waals surface area contributed by atoms with Crippen molar-refractivity contribution in [1.82, 2.24) is 0 Å². The van der Waals surface area contributed by atoms with Crippen molar-refractivity contribution in [3.05, 3.63) is 69.5 Å². The number of alkyl halides is 9. The molecule has 20 heteroatoms. The van der Waals surface area contributed by atoms with Crippen LogP contribution in [0.4, 0.5) is 81.6 Å².